The van der Waals surface area contributed by atoms with Crippen molar-refractivity contribution >= 4 is 11.9 Å². The van der Waals surface area contributed by atoms with Crippen LogP contribution in [0.5, 0.6) is 0 Å². The molecule has 10 nitrogen and oxygen atoms in total. The van der Waals surface area contributed by atoms with E-state index < -0.39 is 6.04 Å². The first-order valence-corrected chi connectivity index (χ1v) is 17.5. The Kier molecular flexibility index (Phi) is 10.2. The number of hydrogen-bond donors (Lipinski definition) is 1. The van der Waals surface area contributed by atoms with E-state index in [1.54, 1.807) is 12.1 Å². The maximum Gasteiger partial charge on any atom is 0.324 e. The number of aromatic nitrogens is 1. The molecular weight excluding hydrogens is 570 g/mol. The van der Waals surface area contributed by atoms with Gasteiger partial charge in [-0.05, 0) is 87.3 Å². The number of carbonyl (C=O) groups is 2. The van der Waals surface area contributed by atoms with Crippen LogP contribution >= 0.6 is 0 Å². The minimum atomic E-state index is -0.495. The molecule has 6 rings (SSSR count). The lowest BCUT2D eigenvalue weighted by Gasteiger charge is -2.45. The average molecular weight is 626 g/mol. The minimum absolute atomic E-state index is 0.0345. The topological polar surface area (TPSA) is 96.5 Å². The third-order valence-electron chi connectivity index (χ3n) is 11.4. The van der Waals surface area contributed by atoms with Crippen molar-refractivity contribution in [2.24, 2.45) is 17.3 Å². The van der Waals surface area contributed by atoms with Crippen LogP contribution in [0.4, 0.5) is 0 Å². The number of esters is 1. The number of cyclic esters (lactones) is 1. The highest BCUT2D eigenvalue weighted by molar-refractivity contribution is 5.79. The van der Waals surface area contributed by atoms with Gasteiger partial charge in [0.25, 0.3) is 0 Å². The zero-order valence-electron chi connectivity index (χ0n) is 28.1. The second-order valence-corrected chi connectivity index (χ2v) is 14.9. The summed E-state index contributed by atoms with van der Waals surface area (Å²) < 4.78 is 18.1. The van der Waals surface area contributed by atoms with E-state index in [9.17, 15) is 9.59 Å². The molecule has 6 unspecified atom stereocenters. The van der Waals surface area contributed by atoms with Crippen molar-refractivity contribution in [1.29, 1.82) is 0 Å². The van der Waals surface area contributed by atoms with Gasteiger partial charge in [-0.1, -0.05) is 26.8 Å². The highest BCUT2D eigenvalue weighted by Gasteiger charge is 2.53. The molecule has 1 aromatic heterocycles. The Morgan fingerprint density at radius 1 is 1.16 bits per heavy atom. The highest BCUT2D eigenvalue weighted by atomic mass is 16.5. The first-order valence-electron chi connectivity index (χ1n) is 17.5. The lowest BCUT2D eigenvalue weighted by Crippen LogP contribution is -2.56. The second kappa shape index (κ2) is 13.9. The average Bonchev–Trinajstić information content (AvgIpc) is 3.37. The van der Waals surface area contributed by atoms with Gasteiger partial charge in [-0.3, -0.25) is 29.4 Å². The quantitative estimate of drug-likeness (QED) is 0.493. The molecular formula is C35H55N5O5. The Balaban J connectivity index is 1.34. The number of morpholine rings is 1. The zero-order valence-corrected chi connectivity index (χ0v) is 28.1. The third-order valence-corrected chi connectivity index (χ3v) is 11.4. The second-order valence-electron chi connectivity index (χ2n) is 14.9. The lowest BCUT2D eigenvalue weighted by molar-refractivity contribution is -0.155. The van der Waals surface area contributed by atoms with Crippen LogP contribution in [0.3, 0.4) is 0 Å². The SMILES string of the molecule is CCN1C2CCC3CC2C(CC(C)(C)COC(=O)[C@@H]2CCCN(N2)C(=O)CC[C@H]2CN3CCO2)C1c1cccnc1[C@H](C)OC. The van der Waals surface area contributed by atoms with E-state index in [0.29, 0.717) is 62.9 Å². The van der Waals surface area contributed by atoms with Gasteiger partial charge in [0.2, 0.25) is 5.91 Å². The van der Waals surface area contributed by atoms with Crippen molar-refractivity contribution in [3.05, 3.63) is 29.6 Å². The van der Waals surface area contributed by atoms with Crippen molar-refractivity contribution in [1.82, 2.24) is 25.2 Å². The van der Waals surface area contributed by atoms with Gasteiger partial charge < -0.3 is 14.2 Å². The van der Waals surface area contributed by atoms with Gasteiger partial charge in [-0.25, -0.2) is 5.43 Å². The molecule has 5 fully saturated rings. The van der Waals surface area contributed by atoms with E-state index in [1.807, 2.05) is 6.20 Å². The van der Waals surface area contributed by atoms with Gasteiger partial charge in [0, 0.05) is 57.5 Å². The van der Waals surface area contributed by atoms with Crippen molar-refractivity contribution < 1.29 is 23.8 Å². The predicted octanol–water partition coefficient (Wildman–Crippen LogP) is 4.27. The molecule has 1 N–H and O–H groups in total. The van der Waals surface area contributed by atoms with Crippen LogP contribution in [0.2, 0.25) is 0 Å². The van der Waals surface area contributed by atoms with Gasteiger partial charge in [0.15, 0.2) is 0 Å². The normalized spacial score (nSPS) is 37.0. The number of carbonyl (C=O) groups excluding carboxylic acids is 2. The fourth-order valence-electron chi connectivity index (χ4n) is 9.16. The number of nitrogens with zero attached hydrogens (tertiary/aromatic N) is 4. The standard InChI is InChI=1S/C35H55N5O5/c1-6-39-30-13-11-24-19-27(30)28(33(39)26-9-7-15-36-32(26)23(2)43-5)20-35(3,4)22-45-34(42)29-10-8-16-40(37-29)31(41)14-12-25-21-38(24)17-18-44-25/h7,9,15,23-25,27-30,33,37H,6,8,10-14,16-22H2,1-5H3/t23-,24?,25-,27?,28?,29-,30?,33?/m0/s1. The van der Waals surface area contributed by atoms with E-state index in [4.69, 9.17) is 19.2 Å². The molecule has 10 heteroatoms. The molecule has 6 bridgehead atoms. The van der Waals surface area contributed by atoms with Gasteiger partial charge in [-0.2, -0.15) is 0 Å². The van der Waals surface area contributed by atoms with Gasteiger partial charge in [0.1, 0.15) is 6.04 Å². The van der Waals surface area contributed by atoms with Crippen LogP contribution in [0.1, 0.15) is 102 Å². The summed E-state index contributed by atoms with van der Waals surface area (Å²) in [5.41, 5.74) is 5.28. The molecule has 4 aliphatic heterocycles. The van der Waals surface area contributed by atoms with Crippen LogP contribution in [0.15, 0.2) is 18.3 Å². The number of methoxy groups -OCH3 is 1. The Morgan fingerprint density at radius 2 is 2.00 bits per heavy atom. The highest BCUT2D eigenvalue weighted by Crippen LogP contribution is 2.55. The lowest BCUT2D eigenvalue weighted by atomic mass is 9.69. The van der Waals surface area contributed by atoms with Crippen molar-refractivity contribution in [3.8, 4) is 0 Å². The number of hydrazine groups is 1. The van der Waals surface area contributed by atoms with E-state index in [2.05, 4.69) is 55.1 Å². The third kappa shape index (κ3) is 6.96. The maximum absolute atomic E-state index is 13.3. The van der Waals surface area contributed by atoms with Crippen LogP contribution in [-0.4, -0.2) is 102 Å². The molecule has 1 aromatic rings. The zero-order chi connectivity index (χ0) is 31.7. The number of fused-ring (bicyclic) bond motifs is 6. The molecule has 1 amide bonds. The molecule has 5 heterocycles. The van der Waals surface area contributed by atoms with E-state index in [1.165, 1.54) is 18.4 Å². The summed E-state index contributed by atoms with van der Waals surface area (Å²) in [6, 6.07) is 5.08. The Labute approximate surface area is 269 Å². The molecule has 9 atom stereocenters. The smallest absolute Gasteiger partial charge is 0.324 e. The molecule has 1 saturated carbocycles. The van der Waals surface area contributed by atoms with Crippen molar-refractivity contribution in [2.75, 3.05) is 46.5 Å². The van der Waals surface area contributed by atoms with E-state index in [0.717, 1.165) is 44.6 Å². The predicted molar refractivity (Wildman–Crippen MR) is 171 cm³/mol. The van der Waals surface area contributed by atoms with Gasteiger partial charge in [-0.15, -0.1) is 0 Å². The number of amides is 1. The summed E-state index contributed by atoms with van der Waals surface area (Å²) >= 11 is 0. The number of pyridine rings is 1. The molecule has 0 spiro atoms. The largest absolute Gasteiger partial charge is 0.464 e. The first-order chi connectivity index (χ1) is 21.7. The first kappa shape index (κ1) is 32.8. The summed E-state index contributed by atoms with van der Waals surface area (Å²) in [6.45, 7) is 13.4. The Bertz CT molecular complexity index is 1200. The Hall–Kier alpha value is -2.11. The fourth-order valence-corrected chi connectivity index (χ4v) is 9.16. The van der Waals surface area contributed by atoms with Gasteiger partial charge in [0.05, 0.1) is 31.1 Å². The number of nitrogens with one attached hydrogen (secondary N) is 1. The van der Waals surface area contributed by atoms with Crippen LogP contribution in [-0.2, 0) is 23.8 Å². The summed E-state index contributed by atoms with van der Waals surface area (Å²) in [6.07, 6.45) is 8.86. The molecule has 250 valence electrons. The Morgan fingerprint density at radius 3 is 2.80 bits per heavy atom. The summed E-state index contributed by atoms with van der Waals surface area (Å²) in [5.74, 6) is 0.678. The molecule has 1 aliphatic carbocycles. The summed E-state index contributed by atoms with van der Waals surface area (Å²) in [4.78, 5) is 36.8. The van der Waals surface area contributed by atoms with Crippen LogP contribution in [0, 0.1) is 17.3 Å². The monoisotopic (exact) mass is 625 g/mol. The number of hydrogen-bond acceptors (Lipinski definition) is 9. The molecule has 0 aromatic carbocycles. The van der Waals surface area contributed by atoms with Crippen molar-refractivity contribution in [3.63, 3.8) is 0 Å². The number of ether oxygens (including phenoxy) is 3. The van der Waals surface area contributed by atoms with Crippen LogP contribution < -0.4 is 5.43 Å². The van der Waals surface area contributed by atoms with E-state index in [-0.39, 0.29) is 35.5 Å². The number of rotatable bonds is 4. The van der Waals surface area contributed by atoms with Crippen molar-refractivity contribution in [2.45, 2.75) is 115 Å². The van der Waals surface area contributed by atoms with Crippen LogP contribution in [0.25, 0.3) is 0 Å². The van der Waals surface area contributed by atoms with E-state index >= 15 is 0 Å². The molecule has 45 heavy (non-hydrogen) atoms. The fraction of sp³-hybridized carbons (Fsp3) is 0.800. The van der Waals surface area contributed by atoms with Gasteiger partial charge >= 0.3 is 5.97 Å². The summed E-state index contributed by atoms with van der Waals surface area (Å²) in [7, 11) is 1.76. The minimum Gasteiger partial charge on any atom is -0.464 e. The summed E-state index contributed by atoms with van der Waals surface area (Å²) in [5, 5.41) is 1.64. The number of likely N-dealkylation sites (tertiary alicyclic amines) is 1. The maximum atomic E-state index is 13.3. The molecule has 0 radical (unpaired) electrons. The molecule has 4 saturated heterocycles. The molecule has 5 aliphatic rings.